The van der Waals surface area contributed by atoms with Crippen LogP contribution < -0.4 is 5.32 Å². The zero-order valence-corrected chi connectivity index (χ0v) is 10.3. The van der Waals surface area contributed by atoms with E-state index in [1.807, 2.05) is 6.92 Å². The first-order valence-electron chi connectivity index (χ1n) is 5.06. The molecule has 0 aliphatic heterocycles. The summed E-state index contributed by atoms with van der Waals surface area (Å²) in [5.74, 6) is 1.12. The molecule has 0 spiro atoms. The van der Waals surface area contributed by atoms with Gasteiger partial charge in [-0.3, -0.25) is 9.89 Å². The quantitative estimate of drug-likeness (QED) is 0.530. The van der Waals surface area contributed by atoms with E-state index in [0.717, 1.165) is 12.2 Å². The highest BCUT2D eigenvalue weighted by Crippen LogP contribution is 2.11. The first-order valence-corrected chi connectivity index (χ1v) is 6.04. The van der Waals surface area contributed by atoms with Crippen molar-refractivity contribution < 1.29 is 9.53 Å². The largest absolute Gasteiger partial charge is 0.383 e. The number of nitrogens with one attached hydrogen (secondary N) is 2. The average Bonchev–Trinajstić information content (AvgIpc) is 2.74. The molecular weight excluding hydrogens is 228 g/mol. The first kappa shape index (κ1) is 13.0. The fraction of sp³-hybridized carbons (Fsp3) is 0.667. The lowest BCUT2D eigenvalue weighted by Crippen LogP contribution is -2.28. The van der Waals surface area contributed by atoms with Crippen LogP contribution in [0.4, 0.5) is 0 Å². The molecule has 0 aliphatic carbocycles. The minimum absolute atomic E-state index is 0.0371. The van der Waals surface area contributed by atoms with Gasteiger partial charge in [-0.2, -0.15) is 0 Å². The Balaban J connectivity index is 2.20. The highest BCUT2D eigenvalue weighted by Gasteiger charge is 2.06. The number of carbonyl (C=O) groups is 1. The van der Waals surface area contributed by atoms with E-state index < -0.39 is 0 Å². The van der Waals surface area contributed by atoms with E-state index in [0.29, 0.717) is 24.1 Å². The van der Waals surface area contributed by atoms with Crippen LogP contribution in [0.25, 0.3) is 0 Å². The van der Waals surface area contributed by atoms with Crippen molar-refractivity contribution in [2.45, 2.75) is 18.5 Å². The van der Waals surface area contributed by atoms with E-state index in [9.17, 15) is 4.79 Å². The van der Waals surface area contributed by atoms with Gasteiger partial charge >= 0.3 is 0 Å². The fourth-order valence-corrected chi connectivity index (χ4v) is 1.62. The molecule has 0 saturated heterocycles. The lowest BCUT2D eigenvalue weighted by atomic mass is 10.5. The van der Waals surface area contributed by atoms with Crippen LogP contribution in [0.3, 0.4) is 0 Å². The SMILES string of the molecule is CCc1nc(SCC(=O)NCCOC)n[nH]1. The minimum atomic E-state index is -0.0371. The Bertz CT molecular complexity index is 329. The number of aromatic nitrogens is 3. The molecular formula is C9H16N4O2S. The molecule has 0 fully saturated rings. The molecule has 0 aliphatic rings. The summed E-state index contributed by atoms with van der Waals surface area (Å²) in [4.78, 5) is 15.5. The molecule has 7 heteroatoms. The summed E-state index contributed by atoms with van der Waals surface area (Å²) >= 11 is 1.32. The summed E-state index contributed by atoms with van der Waals surface area (Å²) < 4.78 is 4.82. The van der Waals surface area contributed by atoms with Gasteiger partial charge in [0.15, 0.2) is 0 Å². The van der Waals surface area contributed by atoms with Crippen molar-refractivity contribution in [1.82, 2.24) is 20.5 Å². The predicted molar refractivity (Wildman–Crippen MR) is 61.4 cm³/mol. The second-order valence-corrected chi connectivity index (χ2v) is 3.99. The molecule has 0 atom stereocenters. The molecule has 0 saturated carbocycles. The molecule has 2 N–H and O–H groups in total. The Labute approximate surface area is 98.6 Å². The van der Waals surface area contributed by atoms with E-state index in [2.05, 4.69) is 20.5 Å². The third kappa shape index (κ3) is 4.63. The summed E-state index contributed by atoms with van der Waals surface area (Å²) in [6.07, 6.45) is 0.813. The van der Waals surface area contributed by atoms with Gasteiger partial charge in [0, 0.05) is 20.1 Å². The Morgan fingerprint density at radius 2 is 2.44 bits per heavy atom. The van der Waals surface area contributed by atoms with Gasteiger partial charge in [0.1, 0.15) is 5.82 Å². The second kappa shape index (κ2) is 7.24. The lowest BCUT2D eigenvalue weighted by Gasteiger charge is -2.02. The monoisotopic (exact) mass is 244 g/mol. The van der Waals surface area contributed by atoms with Crippen molar-refractivity contribution in [1.29, 1.82) is 0 Å². The number of nitrogens with zero attached hydrogens (tertiary/aromatic N) is 2. The van der Waals surface area contributed by atoms with Crippen LogP contribution in [0.1, 0.15) is 12.7 Å². The Kier molecular flexibility index (Phi) is 5.87. The maximum atomic E-state index is 11.3. The molecule has 0 unspecified atom stereocenters. The summed E-state index contributed by atoms with van der Waals surface area (Å²) in [5.41, 5.74) is 0. The molecule has 0 radical (unpaired) electrons. The number of aromatic amines is 1. The van der Waals surface area contributed by atoms with Gasteiger partial charge in [0.25, 0.3) is 0 Å². The molecule has 0 aromatic carbocycles. The summed E-state index contributed by atoms with van der Waals surface area (Å²) in [7, 11) is 1.60. The lowest BCUT2D eigenvalue weighted by molar-refractivity contribution is -0.118. The van der Waals surface area contributed by atoms with E-state index in [-0.39, 0.29) is 5.91 Å². The molecule has 1 heterocycles. The van der Waals surface area contributed by atoms with Crippen LogP contribution in [0.5, 0.6) is 0 Å². The predicted octanol–water partition coefficient (Wildman–Crippen LogP) is 0.222. The second-order valence-electron chi connectivity index (χ2n) is 3.05. The molecule has 90 valence electrons. The number of aryl methyl sites for hydroxylation is 1. The van der Waals surface area contributed by atoms with E-state index in [1.165, 1.54) is 11.8 Å². The van der Waals surface area contributed by atoms with Crippen molar-refractivity contribution in [2.75, 3.05) is 26.0 Å². The van der Waals surface area contributed by atoms with Gasteiger partial charge in [0.2, 0.25) is 11.1 Å². The van der Waals surface area contributed by atoms with Crippen molar-refractivity contribution in [2.24, 2.45) is 0 Å². The highest BCUT2D eigenvalue weighted by atomic mass is 32.2. The zero-order valence-electron chi connectivity index (χ0n) is 9.45. The molecule has 6 nitrogen and oxygen atoms in total. The van der Waals surface area contributed by atoms with Gasteiger partial charge in [-0.1, -0.05) is 18.7 Å². The van der Waals surface area contributed by atoms with Crippen molar-refractivity contribution in [3.05, 3.63) is 5.82 Å². The van der Waals surface area contributed by atoms with Crippen LogP contribution in [-0.4, -0.2) is 47.1 Å². The molecule has 0 bridgehead atoms. The van der Waals surface area contributed by atoms with Crippen molar-refractivity contribution in [3.63, 3.8) is 0 Å². The van der Waals surface area contributed by atoms with E-state index in [4.69, 9.17) is 4.74 Å². The van der Waals surface area contributed by atoms with Crippen molar-refractivity contribution in [3.8, 4) is 0 Å². The molecule has 1 amide bonds. The van der Waals surface area contributed by atoms with Crippen LogP contribution in [0, 0.1) is 0 Å². The number of H-pyrrole nitrogens is 1. The summed E-state index contributed by atoms with van der Waals surface area (Å²) in [6.45, 7) is 3.05. The maximum absolute atomic E-state index is 11.3. The molecule has 1 aromatic rings. The van der Waals surface area contributed by atoms with Crippen molar-refractivity contribution >= 4 is 17.7 Å². The Hall–Kier alpha value is -1.08. The van der Waals surface area contributed by atoms with Crippen LogP contribution >= 0.6 is 11.8 Å². The summed E-state index contributed by atoms with van der Waals surface area (Å²) in [6, 6.07) is 0. The number of rotatable bonds is 7. The Morgan fingerprint density at radius 1 is 1.62 bits per heavy atom. The van der Waals surface area contributed by atoms with Gasteiger partial charge in [-0.15, -0.1) is 5.10 Å². The maximum Gasteiger partial charge on any atom is 0.230 e. The van der Waals surface area contributed by atoms with Crippen LogP contribution in [0.2, 0.25) is 0 Å². The first-order chi connectivity index (χ1) is 7.76. The normalized spacial score (nSPS) is 10.4. The standard InChI is InChI=1S/C9H16N4O2S/c1-3-7-11-9(13-12-7)16-6-8(14)10-4-5-15-2/h3-6H2,1-2H3,(H,10,14)(H,11,12,13). The number of carbonyl (C=O) groups excluding carboxylic acids is 1. The molecule has 16 heavy (non-hydrogen) atoms. The Morgan fingerprint density at radius 3 is 3.06 bits per heavy atom. The number of thioether (sulfide) groups is 1. The zero-order chi connectivity index (χ0) is 11.8. The molecule has 1 aromatic heterocycles. The fourth-order valence-electron chi connectivity index (χ4n) is 0.974. The van der Waals surface area contributed by atoms with Gasteiger partial charge in [0.05, 0.1) is 12.4 Å². The third-order valence-electron chi connectivity index (χ3n) is 1.81. The smallest absolute Gasteiger partial charge is 0.230 e. The highest BCUT2D eigenvalue weighted by molar-refractivity contribution is 7.99. The van der Waals surface area contributed by atoms with E-state index >= 15 is 0 Å². The topological polar surface area (TPSA) is 79.9 Å². The van der Waals surface area contributed by atoms with Crippen LogP contribution in [0.15, 0.2) is 5.16 Å². The number of hydrogen-bond acceptors (Lipinski definition) is 5. The van der Waals surface area contributed by atoms with E-state index in [1.54, 1.807) is 7.11 Å². The number of hydrogen-bond donors (Lipinski definition) is 2. The number of ether oxygens (including phenoxy) is 1. The van der Waals surface area contributed by atoms with Gasteiger partial charge < -0.3 is 10.1 Å². The number of methoxy groups -OCH3 is 1. The van der Waals surface area contributed by atoms with Gasteiger partial charge in [-0.05, 0) is 0 Å². The van der Waals surface area contributed by atoms with Crippen LogP contribution in [-0.2, 0) is 16.0 Å². The minimum Gasteiger partial charge on any atom is -0.383 e. The third-order valence-corrected chi connectivity index (χ3v) is 2.65. The van der Waals surface area contributed by atoms with Gasteiger partial charge in [-0.25, -0.2) is 4.98 Å². The average molecular weight is 244 g/mol. The number of amides is 1. The molecule has 1 rings (SSSR count). The summed E-state index contributed by atoms with van der Waals surface area (Å²) in [5, 5.41) is 10.1.